The summed E-state index contributed by atoms with van der Waals surface area (Å²) in [6.07, 6.45) is 2.42. The molecular formula is C20H23Cl2Zr. The fraction of sp³-hybridized carbons (Fsp3) is 0.300. The topological polar surface area (TPSA) is 0 Å². The third-order valence-electron chi connectivity index (χ3n) is 4.89. The van der Waals surface area contributed by atoms with Gasteiger partial charge < -0.3 is 0 Å². The van der Waals surface area contributed by atoms with Crippen molar-refractivity contribution < 1.29 is 24.7 Å². The average Bonchev–Trinajstić information content (AvgIpc) is 2.72. The maximum absolute atomic E-state index is 2.42. The Bertz CT molecular complexity index is 776. The Morgan fingerprint density at radius 3 is 2.13 bits per heavy atom. The Labute approximate surface area is 167 Å². The molecule has 0 aliphatic heterocycles. The monoisotopic (exact) mass is 423 g/mol. The van der Waals surface area contributed by atoms with E-state index in [0.29, 0.717) is 3.63 Å². The zero-order chi connectivity index (χ0) is 15.3. The third kappa shape index (κ3) is 3.39. The van der Waals surface area contributed by atoms with Crippen LogP contribution in [0.3, 0.4) is 0 Å². The molecule has 0 fully saturated rings. The normalized spacial score (nSPS) is 15.3. The maximum Gasteiger partial charge on any atom is -0.147 e. The number of fused-ring (bicyclic) bond motifs is 1. The zero-order valence-electron chi connectivity index (χ0n) is 14.3. The molecule has 0 saturated heterocycles. The molecule has 0 aromatic heterocycles. The molecule has 0 N–H and O–H groups in total. The summed E-state index contributed by atoms with van der Waals surface area (Å²) in [6.45, 7) is 11.3. The van der Waals surface area contributed by atoms with Gasteiger partial charge in [-0.3, -0.25) is 0 Å². The molecule has 1 aliphatic carbocycles. The van der Waals surface area contributed by atoms with Gasteiger partial charge in [-0.25, -0.2) is 0 Å². The molecule has 3 heteroatoms. The minimum Gasteiger partial charge on any atom is -0.147 e. The molecule has 0 amide bonds. The molecule has 0 spiro atoms. The first kappa shape index (κ1) is 20.7. The van der Waals surface area contributed by atoms with Crippen LogP contribution in [0.1, 0.15) is 43.9 Å². The van der Waals surface area contributed by atoms with Crippen LogP contribution in [0.2, 0.25) is 0 Å². The molecule has 2 aromatic carbocycles. The van der Waals surface area contributed by atoms with Crippen LogP contribution in [0.5, 0.6) is 0 Å². The molecule has 0 nitrogen and oxygen atoms in total. The molecule has 0 unspecified atom stereocenters. The molecule has 0 bridgehead atoms. The van der Waals surface area contributed by atoms with Crippen molar-refractivity contribution in [2.75, 3.05) is 0 Å². The molecule has 1 aliphatic rings. The van der Waals surface area contributed by atoms with Gasteiger partial charge in [-0.05, 0) is 0 Å². The molecule has 2 aromatic rings. The van der Waals surface area contributed by atoms with Crippen molar-refractivity contribution in [1.82, 2.24) is 0 Å². The van der Waals surface area contributed by atoms with E-state index in [2.05, 4.69) is 65.0 Å². The second-order valence-corrected chi connectivity index (χ2v) is 7.69. The molecule has 0 saturated carbocycles. The van der Waals surface area contributed by atoms with Crippen LogP contribution in [0, 0.1) is 27.7 Å². The van der Waals surface area contributed by atoms with Crippen molar-refractivity contribution in [3.8, 4) is 11.1 Å². The third-order valence-corrected chi connectivity index (χ3v) is 6.72. The van der Waals surface area contributed by atoms with Gasteiger partial charge in [-0.2, -0.15) is 0 Å². The number of benzene rings is 2. The van der Waals surface area contributed by atoms with Gasteiger partial charge in [0.1, 0.15) is 0 Å². The van der Waals surface area contributed by atoms with E-state index in [1.54, 1.807) is 30.3 Å². The van der Waals surface area contributed by atoms with Gasteiger partial charge >= 0.3 is 143 Å². The summed E-state index contributed by atoms with van der Waals surface area (Å²) in [7, 11) is 0. The molecular weight excluding hydrogens is 402 g/mol. The van der Waals surface area contributed by atoms with Crippen molar-refractivity contribution >= 4 is 30.9 Å². The number of rotatable bonds is 1. The maximum atomic E-state index is 2.42. The number of hydrogen-bond donors (Lipinski definition) is 0. The molecule has 1 atom stereocenters. The summed E-state index contributed by atoms with van der Waals surface area (Å²) in [5.41, 5.74) is 13.1. The van der Waals surface area contributed by atoms with Gasteiger partial charge in [-0.15, -0.1) is 24.8 Å². The quantitative estimate of drug-likeness (QED) is 0.493. The molecule has 0 heterocycles. The van der Waals surface area contributed by atoms with Crippen molar-refractivity contribution in [2.45, 2.75) is 38.2 Å². The summed E-state index contributed by atoms with van der Waals surface area (Å²) >= 11 is 1.60. The van der Waals surface area contributed by atoms with Gasteiger partial charge in [0.05, 0.1) is 0 Å². The fourth-order valence-corrected chi connectivity index (χ4v) is 4.56. The van der Waals surface area contributed by atoms with Crippen LogP contribution in [0.4, 0.5) is 0 Å². The van der Waals surface area contributed by atoms with E-state index in [1.807, 2.05) is 0 Å². The second-order valence-electron chi connectivity index (χ2n) is 6.27. The van der Waals surface area contributed by atoms with Crippen molar-refractivity contribution in [1.29, 1.82) is 0 Å². The molecule has 121 valence electrons. The van der Waals surface area contributed by atoms with Gasteiger partial charge in [0.2, 0.25) is 0 Å². The summed E-state index contributed by atoms with van der Waals surface area (Å²) < 4.78 is 0.634. The minimum absolute atomic E-state index is 0. The van der Waals surface area contributed by atoms with Crippen LogP contribution in [0.15, 0.2) is 29.8 Å². The van der Waals surface area contributed by atoms with Gasteiger partial charge in [0.15, 0.2) is 0 Å². The van der Waals surface area contributed by atoms with E-state index < -0.39 is 0 Å². The van der Waals surface area contributed by atoms with Gasteiger partial charge in [0.25, 0.3) is 0 Å². The van der Waals surface area contributed by atoms with Crippen LogP contribution in [0.25, 0.3) is 17.2 Å². The number of hydrogen-bond acceptors (Lipinski definition) is 0. The van der Waals surface area contributed by atoms with Crippen LogP contribution >= 0.6 is 24.8 Å². The molecule has 23 heavy (non-hydrogen) atoms. The largest absolute Gasteiger partial charge is 0.147 e. The smallest absolute Gasteiger partial charge is 0.147 e. The van der Waals surface area contributed by atoms with Crippen LogP contribution in [-0.2, 0) is 24.7 Å². The van der Waals surface area contributed by atoms with E-state index in [-0.39, 0.29) is 24.8 Å². The van der Waals surface area contributed by atoms with E-state index in [1.165, 1.54) is 44.5 Å². The SMILES string of the molecule is CC1=Cc2c(-c3cccc(C)c3)c(C)c(C)c(C)c2[C@H]1[Zr].Cl.Cl. The predicted molar refractivity (Wildman–Crippen MR) is 102 cm³/mol. The summed E-state index contributed by atoms with van der Waals surface area (Å²) in [5, 5.41) is 0. The van der Waals surface area contributed by atoms with Gasteiger partial charge in [-0.1, -0.05) is 0 Å². The van der Waals surface area contributed by atoms with E-state index in [4.69, 9.17) is 0 Å². The predicted octanol–water partition coefficient (Wildman–Crippen LogP) is 6.44. The Hall–Kier alpha value is -0.357. The van der Waals surface area contributed by atoms with Crippen molar-refractivity contribution in [3.63, 3.8) is 0 Å². The van der Waals surface area contributed by atoms with E-state index in [9.17, 15) is 0 Å². The second kappa shape index (κ2) is 7.68. The minimum atomic E-state index is 0. The number of allylic oxidation sites excluding steroid dienone is 1. The first-order valence-corrected chi connectivity index (χ1v) is 8.93. The van der Waals surface area contributed by atoms with Crippen molar-refractivity contribution in [2.24, 2.45) is 0 Å². The Morgan fingerprint density at radius 2 is 1.52 bits per heavy atom. The summed E-state index contributed by atoms with van der Waals surface area (Å²) in [6, 6.07) is 8.92. The zero-order valence-corrected chi connectivity index (χ0v) is 18.4. The first-order valence-electron chi connectivity index (χ1n) is 7.51. The summed E-state index contributed by atoms with van der Waals surface area (Å²) in [4.78, 5) is 0. The number of halogens is 2. The van der Waals surface area contributed by atoms with Crippen molar-refractivity contribution in [3.05, 3.63) is 63.2 Å². The fourth-order valence-electron chi connectivity index (χ4n) is 3.44. The average molecular weight is 426 g/mol. The number of aryl methyl sites for hydroxylation is 1. The van der Waals surface area contributed by atoms with Gasteiger partial charge in [0, 0.05) is 0 Å². The van der Waals surface area contributed by atoms with Crippen LogP contribution in [-0.4, -0.2) is 0 Å². The Balaban J connectivity index is 0.00000132. The molecule has 0 radical (unpaired) electrons. The Morgan fingerprint density at radius 1 is 0.870 bits per heavy atom. The van der Waals surface area contributed by atoms with Crippen LogP contribution < -0.4 is 0 Å². The van der Waals surface area contributed by atoms with E-state index in [0.717, 1.165) is 0 Å². The first-order chi connectivity index (χ1) is 9.91. The van der Waals surface area contributed by atoms with E-state index >= 15 is 0 Å². The Kier molecular flexibility index (Phi) is 6.91. The summed E-state index contributed by atoms with van der Waals surface area (Å²) in [5.74, 6) is 0. The standard InChI is InChI=1S/C20H21.2ClH.Zr/c1-12-7-6-8-17(9-12)20-16(5)14(3)15(4)18-10-13(2)11-19(18)20;;;/h6-11H,1-5H3;2*1H;. The molecule has 3 rings (SSSR count).